The topological polar surface area (TPSA) is 52.8 Å². The second-order valence-corrected chi connectivity index (χ2v) is 4.17. The first kappa shape index (κ1) is 12.3. The van der Waals surface area contributed by atoms with Gasteiger partial charge in [0.2, 0.25) is 0 Å². The second kappa shape index (κ2) is 5.48. The van der Waals surface area contributed by atoms with Gasteiger partial charge in [0.15, 0.2) is 0 Å². The van der Waals surface area contributed by atoms with Crippen molar-refractivity contribution in [2.45, 2.75) is 6.61 Å². The Hall–Kier alpha value is -2.76. The van der Waals surface area contributed by atoms with Crippen LogP contribution in [0.1, 0.15) is 5.56 Å². The molecule has 0 saturated heterocycles. The van der Waals surface area contributed by atoms with Gasteiger partial charge in [-0.15, -0.1) is 5.10 Å². The first-order valence-electron chi connectivity index (χ1n) is 6.02. The molecular formula is C14H11FN4O. The molecule has 20 heavy (non-hydrogen) atoms. The molecule has 0 fully saturated rings. The maximum atomic E-state index is 13.0. The molecule has 5 nitrogen and oxygen atoms in total. The predicted molar refractivity (Wildman–Crippen MR) is 69.9 cm³/mol. The van der Waals surface area contributed by atoms with Gasteiger partial charge >= 0.3 is 0 Å². The van der Waals surface area contributed by atoms with E-state index in [1.54, 1.807) is 10.7 Å². The molecule has 0 aliphatic carbocycles. The van der Waals surface area contributed by atoms with E-state index in [9.17, 15) is 4.39 Å². The van der Waals surface area contributed by atoms with Crippen LogP contribution in [0.4, 0.5) is 4.39 Å². The van der Waals surface area contributed by atoms with Crippen LogP contribution in [0.5, 0.6) is 5.75 Å². The molecule has 6 heteroatoms. The number of hydrogen-bond donors (Lipinski definition) is 0. The largest absolute Gasteiger partial charge is 0.489 e. The Kier molecular flexibility index (Phi) is 3.36. The van der Waals surface area contributed by atoms with Gasteiger partial charge in [-0.05, 0) is 52.4 Å². The summed E-state index contributed by atoms with van der Waals surface area (Å²) in [6.45, 7) is 0.321. The summed E-state index contributed by atoms with van der Waals surface area (Å²) >= 11 is 0. The Morgan fingerprint density at radius 3 is 2.65 bits per heavy atom. The fourth-order valence-corrected chi connectivity index (χ4v) is 1.77. The van der Waals surface area contributed by atoms with E-state index in [1.165, 1.54) is 18.5 Å². The zero-order valence-corrected chi connectivity index (χ0v) is 10.5. The highest BCUT2D eigenvalue weighted by Gasteiger charge is 2.00. The first-order chi connectivity index (χ1) is 9.81. The summed E-state index contributed by atoms with van der Waals surface area (Å²) < 4.78 is 20.2. The SMILES string of the molecule is Fc1cccc(COc2ccc(-n3cnnn3)cc2)c1. The van der Waals surface area contributed by atoms with Crippen LogP contribution in [-0.2, 0) is 6.61 Å². The van der Waals surface area contributed by atoms with E-state index >= 15 is 0 Å². The lowest BCUT2D eigenvalue weighted by molar-refractivity contribution is 0.305. The number of benzene rings is 2. The van der Waals surface area contributed by atoms with Gasteiger partial charge < -0.3 is 4.74 Å². The minimum atomic E-state index is -0.264. The molecule has 0 unspecified atom stereocenters. The van der Waals surface area contributed by atoms with Gasteiger partial charge in [-0.2, -0.15) is 0 Å². The van der Waals surface area contributed by atoms with Gasteiger partial charge in [-0.25, -0.2) is 9.07 Å². The molecule has 1 heterocycles. The van der Waals surface area contributed by atoms with Gasteiger partial charge in [0.05, 0.1) is 5.69 Å². The number of nitrogens with zero attached hydrogens (tertiary/aromatic N) is 4. The fourth-order valence-electron chi connectivity index (χ4n) is 1.77. The van der Waals surface area contributed by atoms with Crippen LogP contribution in [0.15, 0.2) is 54.9 Å². The molecule has 3 aromatic rings. The summed E-state index contributed by atoms with van der Waals surface area (Å²) in [5.41, 5.74) is 1.63. The molecule has 2 aromatic carbocycles. The minimum Gasteiger partial charge on any atom is -0.489 e. The van der Waals surface area contributed by atoms with Crippen molar-refractivity contribution in [3.8, 4) is 11.4 Å². The van der Waals surface area contributed by atoms with Crippen molar-refractivity contribution in [3.63, 3.8) is 0 Å². The summed E-state index contributed by atoms with van der Waals surface area (Å²) in [5.74, 6) is 0.436. The number of aromatic nitrogens is 4. The molecule has 0 aliphatic heterocycles. The summed E-state index contributed by atoms with van der Waals surface area (Å²) in [6, 6.07) is 13.7. The Bertz CT molecular complexity index is 683. The molecule has 0 aliphatic rings. The monoisotopic (exact) mass is 270 g/mol. The lowest BCUT2D eigenvalue weighted by atomic mass is 10.2. The van der Waals surface area contributed by atoms with Crippen LogP contribution >= 0.6 is 0 Å². The zero-order valence-electron chi connectivity index (χ0n) is 10.5. The van der Waals surface area contributed by atoms with E-state index in [2.05, 4.69) is 15.5 Å². The molecule has 0 amide bonds. The molecule has 0 radical (unpaired) electrons. The van der Waals surface area contributed by atoms with Crippen molar-refractivity contribution in [1.82, 2.24) is 20.2 Å². The number of halogens is 1. The van der Waals surface area contributed by atoms with Gasteiger partial charge in [0.1, 0.15) is 24.5 Å². The Balaban J connectivity index is 1.67. The molecule has 0 spiro atoms. The van der Waals surface area contributed by atoms with Crippen molar-refractivity contribution in [3.05, 3.63) is 66.2 Å². The molecule has 0 saturated carbocycles. The van der Waals surface area contributed by atoms with Crippen LogP contribution in [0.3, 0.4) is 0 Å². The third-order valence-corrected chi connectivity index (χ3v) is 2.74. The Morgan fingerprint density at radius 2 is 1.95 bits per heavy atom. The number of rotatable bonds is 4. The van der Waals surface area contributed by atoms with Crippen molar-refractivity contribution in [1.29, 1.82) is 0 Å². The lowest BCUT2D eigenvalue weighted by Crippen LogP contribution is -1.97. The Labute approximate surface area is 114 Å². The third-order valence-electron chi connectivity index (χ3n) is 2.74. The summed E-state index contributed by atoms with van der Waals surface area (Å²) in [7, 11) is 0. The van der Waals surface area contributed by atoms with Crippen molar-refractivity contribution >= 4 is 0 Å². The number of ether oxygens (including phenoxy) is 1. The molecular weight excluding hydrogens is 259 g/mol. The molecule has 0 N–H and O–H groups in total. The van der Waals surface area contributed by atoms with E-state index in [4.69, 9.17) is 4.74 Å². The van der Waals surface area contributed by atoms with Crippen LogP contribution < -0.4 is 4.74 Å². The molecule has 3 rings (SSSR count). The van der Waals surface area contributed by atoms with Crippen molar-refractivity contribution < 1.29 is 9.13 Å². The van der Waals surface area contributed by atoms with Crippen LogP contribution in [0, 0.1) is 5.82 Å². The summed E-state index contributed by atoms with van der Waals surface area (Å²) in [4.78, 5) is 0. The highest BCUT2D eigenvalue weighted by Crippen LogP contribution is 2.16. The quantitative estimate of drug-likeness (QED) is 0.730. The van der Waals surface area contributed by atoms with E-state index in [0.717, 1.165) is 11.3 Å². The third kappa shape index (κ3) is 2.80. The Morgan fingerprint density at radius 1 is 1.10 bits per heavy atom. The fraction of sp³-hybridized carbons (Fsp3) is 0.0714. The van der Waals surface area contributed by atoms with E-state index in [1.807, 2.05) is 30.3 Å². The highest BCUT2D eigenvalue weighted by atomic mass is 19.1. The molecule has 100 valence electrons. The summed E-state index contributed by atoms with van der Waals surface area (Å²) in [6.07, 6.45) is 1.52. The smallest absolute Gasteiger partial charge is 0.143 e. The second-order valence-electron chi connectivity index (χ2n) is 4.17. The van der Waals surface area contributed by atoms with Gasteiger partial charge in [0.25, 0.3) is 0 Å². The van der Waals surface area contributed by atoms with E-state index < -0.39 is 0 Å². The minimum absolute atomic E-state index is 0.264. The standard InChI is InChI=1S/C14H11FN4O/c15-12-3-1-2-11(8-12)9-20-14-6-4-13(5-7-14)19-10-16-17-18-19/h1-8,10H,9H2. The average Bonchev–Trinajstić information content (AvgIpc) is 3.00. The van der Waals surface area contributed by atoms with Crippen LogP contribution in [0.25, 0.3) is 5.69 Å². The predicted octanol–water partition coefficient (Wildman–Crippen LogP) is 2.38. The maximum Gasteiger partial charge on any atom is 0.143 e. The zero-order chi connectivity index (χ0) is 13.8. The summed E-state index contributed by atoms with van der Waals surface area (Å²) in [5, 5.41) is 10.9. The van der Waals surface area contributed by atoms with Crippen molar-refractivity contribution in [2.75, 3.05) is 0 Å². The van der Waals surface area contributed by atoms with Gasteiger partial charge in [-0.1, -0.05) is 12.1 Å². The highest BCUT2D eigenvalue weighted by molar-refractivity contribution is 5.36. The van der Waals surface area contributed by atoms with Gasteiger partial charge in [0, 0.05) is 0 Å². The van der Waals surface area contributed by atoms with E-state index in [-0.39, 0.29) is 5.82 Å². The van der Waals surface area contributed by atoms with E-state index in [0.29, 0.717) is 12.4 Å². The number of hydrogen-bond acceptors (Lipinski definition) is 4. The maximum absolute atomic E-state index is 13.0. The first-order valence-corrected chi connectivity index (χ1v) is 6.02. The normalized spacial score (nSPS) is 10.4. The number of tetrazole rings is 1. The van der Waals surface area contributed by atoms with Gasteiger partial charge in [-0.3, -0.25) is 0 Å². The lowest BCUT2D eigenvalue weighted by Gasteiger charge is -2.07. The average molecular weight is 270 g/mol. The van der Waals surface area contributed by atoms with Crippen molar-refractivity contribution in [2.24, 2.45) is 0 Å². The van der Waals surface area contributed by atoms with Crippen LogP contribution in [0.2, 0.25) is 0 Å². The molecule has 1 aromatic heterocycles. The van der Waals surface area contributed by atoms with Crippen LogP contribution in [-0.4, -0.2) is 20.2 Å². The molecule has 0 bridgehead atoms. The molecule has 0 atom stereocenters.